The Morgan fingerprint density at radius 3 is 2.33 bits per heavy atom. The van der Waals surface area contributed by atoms with E-state index >= 15 is 0 Å². The molecule has 2 rings (SSSR count). The fraction of sp³-hybridized carbons (Fsp3) is 0.214. The van der Waals surface area contributed by atoms with Crippen LogP contribution >= 0.6 is 0 Å². The van der Waals surface area contributed by atoms with E-state index in [0.717, 1.165) is 21.9 Å². The van der Waals surface area contributed by atoms with Gasteiger partial charge in [0, 0.05) is 16.3 Å². The van der Waals surface area contributed by atoms with Crippen LogP contribution in [0.1, 0.15) is 16.7 Å². The van der Waals surface area contributed by atoms with Crippen LogP contribution in [0.4, 0.5) is 0 Å². The summed E-state index contributed by atoms with van der Waals surface area (Å²) in [6.45, 7) is 5.90. The molecule has 15 heavy (non-hydrogen) atoms. The van der Waals surface area contributed by atoms with Crippen LogP contribution < -0.4 is 5.43 Å². The molecule has 0 fully saturated rings. The molecule has 1 nitrogen and oxygen atoms in total. The molecule has 0 bridgehead atoms. The number of hydrogen-bond donors (Lipinski definition) is 0. The summed E-state index contributed by atoms with van der Waals surface area (Å²) >= 11 is 0. The predicted molar refractivity (Wildman–Crippen MR) is 62.1 cm³/mol. The van der Waals surface area contributed by atoms with Crippen LogP contribution in [-0.2, 0) is 0 Å². The van der Waals surface area contributed by atoms with Gasteiger partial charge in [-0.2, -0.15) is 0 Å². The van der Waals surface area contributed by atoms with E-state index in [1.54, 1.807) is 6.07 Å². The van der Waals surface area contributed by atoms with Crippen LogP contribution in [0.3, 0.4) is 0 Å². The molecule has 0 aromatic heterocycles. The van der Waals surface area contributed by atoms with Gasteiger partial charge in [0.25, 0.3) is 0 Å². The van der Waals surface area contributed by atoms with Gasteiger partial charge in [-0.05, 0) is 50.1 Å². The zero-order chi connectivity index (χ0) is 11.0. The van der Waals surface area contributed by atoms with Gasteiger partial charge in [-0.1, -0.05) is 12.1 Å². The van der Waals surface area contributed by atoms with Gasteiger partial charge in [-0.25, -0.2) is 0 Å². The summed E-state index contributed by atoms with van der Waals surface area (Å²) in [4.78, 5) is 11.8. The molecule has 0 saturated heterocycles. The molecule has 0 unspecified atom stereocenters. The van der Waals surface area contributed by atoms with Gasteiger partial charge in [0.2, 0.25) is 0 Å². The van der Waals surface area contributed by atoms with E-state index < -0.39 is 0 Å². The fourth-order valence-corrected chi connectivity index (χ4v) is 1.60. The van der Waals surface area contributed by atoms with Crippen molar-refractivity contribution in [2.75, 3.05) is 0 Å². The third kappa shape index (κ3) is 1.71. The maximum absolute atomic E-state index is 11.8. The van der Waals surface area contributed by atoms with E-state index in [1.807, 2.05) is 32.9 Å². The zero-order valence-electron chi connectivity index (χ0n) is 9.14. The van der Waals surface area contributed by atoms with Crippen LogP contribution in [0.2, 0.25) is 0 Å². The van der Waals surface area contributed by atoms with Gasteiger partial charge in [0.1, 0.15) is 0 Å². The highest BCUT2D eigenvalue weighted by molar-refractivity contribution is 5.82. The third-order valence-corrected chi connectivity index (χ3v) is 2.64. The van der Waals surface area contributed by atoms with Gasteiger partial charge in [0.15, 0.2) is 5.43 Å². The Morgan fingerprint density at radius 1 is 0.933 bits per heavy atom. The topological polar surface area (TPSA) is 17.1 Å². The van der Waals surface area contributed by atoms with Crippen molar-refractivity contribution in [3.63, 3.8) is 0 Å². The van der Waals surface area contributed by atoms with E-state index in [-0.39, 0.29) is 5.43 Å². The van der Waals surface area contributed by atoms with Gasteiger partial charge >= 0.3 is 0 Å². The van der Waals surface area contributed by atoms with Gasteiger partial charge in [0.05, 0.1) is 0 Å². The van der Waals surface area contributed by atoms with Crippen molar-refractivity contribution in [2.24, 2.45) is 0 Å². The Bertz CT molecular complexity index is 583. The number of benzene rings is 1. The summed E-state index contributed by atoms with van der Waals surface area (Å²) in [5.41, 5.74) is 3.18. The summed E-state index contributed by atoms with van der Waals surface area (Å²) in [7, 11) is 0. The van der Waals surface area contributed by atoms with Crippen molar-refractivity contribution in [1.29, 1.82) is 0 Å². The lowest BCUT2D eigenvalue weighted by molar-refractivity contribution is 1.36. The molecular weight excluding hydrogens is 184 g/mol. The molecule has 2 aromatic rings. The van der Waals surface area contributed by atoms with Gasteiger partial charge in [-0.3, -0.25) is 4.79 Å². The minimum absolute atomic E-state index is 0.0445. The van der Waals surface area contributed by atoms with E-state index in [1.165, 1.54) is 5.56 Å². The molecule has 0 saturated carbocycles. The number of fused-ring (bicyclic) bond motifs is 1. The lowest BCUT2D eigenvalue weighted by Crippen LogP contribution is -1.97. The predicted octanol–water partition coefficient (Wildman–Crippen LogP) is 2.73. The van der Waals surface area contributed by atoms with Crippen LogP contribution in [0.15, 0.2) is 23.0 Å². The lowest BCUT2D eigenvalue weighted by atomic mass is 10.1. The molecule has 0 aliphatic heterocycles. The molecule has 0 aliphatic carbocycles. The number of hydrogen-bond acceptors (Lipinski definition) is 1. The third-order valence-electron chi connectivity index (χ3n) is 2.64. The van der Waals surface area contributed by atoms with E-state index in [0.29, 0.717) is 0 Å². The smallest absolute Gasteiger partial charge is 0.188 e. The normalized spacial score (nSPS) is 10.1. The molecule has 0 spiro atoms. The highest BCUT2D eigenvalue weighted by atomic mass is 16.1. The Morgan fingerprint density at radius 2 is 1.60 bits per heavy atom. The summed E-state index contributed by atoms with van der Waals surface area (Å²) in [5, 5.41) is 1.57. The van der Waals surface area contributed by atoms with Crippen molar-refractivity contribution in [3.8, 4) is 0 Å². The first-order valence-corrected chi connectivity index (χ1v) is 4.94. The Kier molecular flexibility index (Phi) is 2.21. The lowest BCUT2D eigenvalue weighted by Gasteiger charge is -1.98. The molecule has 0 heterocycles. The second-order valence-corrected chi connectivity index (χ2v) is 3.92. The van der Waals surface area contributed by atoms with E-state index in [2.05, 4.69) is 12.1 Å². The molecule has 2 aromatic carbocycles. The fourth-order valence-electron chi connectivity index (χ4n) is 1.60. The van der Waals surface area contributed by atoms with Crippen molar-refractivity contribution in [2.45, 2.75) is 20.8 Å². The number of aryl methyl sites for hydroxylation is 3. The molecule has 0 aliphatic rings. The SMILES string of the molecule is Cc1c#cc2cc(C)c(C)cc2c(=O)c1. The first kappa shape index (κ1) is 9.73. The van der Waals surface area contributed by atoms with Crippen LogP contribution in [0.5, 0.6) is 0 Å². The zero-order valence-corrected chi connectivity index (χ0v) is 9.14. The second kappa shape index (κ2) is 3.40. The Labute approximate surface area is 89.4 Å². The summed E-state index contributed by atoms with van der Waals surface area (Å²) < 4.78 is 0. The molecule has 0 N–H and O–H groups in total. The Hall–Kier alpha value is -1.81. The van der Waals surface area contributed by atoms with Crippen LogP contribution in [-0.4, -0.2) is 0 Å². The molecule has 0 atom stereocenters. The highest BCUT2D eigenvalue weighted by Crippen LogP contribution is 2.14. The van der Waals surface area contributed by atoms with E-state index in [9.17, 15) is 4.79 Å². The van der Waals surface area contributed by atoms with Crippen LogP contribution in [0.25, 0.3) is 10.8 Å². The van der Waals surface area contributed by atoms with Crippen molar-refractivity contribution >= 4 is 10.8 Å². The van der Waals surface area contributed by atoms with Crippen molar-refractivity contribution in [1.82, 2.24) is 0 Å². The number of rotatable bonds is 0. The van der Waals surface area contributed by atoms with Crippen molar-refractivity contribution in [3.05, 3.63) is 57.2 Å². The monoisotopic (exact) mass is 196 g/mol. The summed E-state index contributed by atoms with van der Waals surface area (Å²) in [5.74, 6) is 0. The van der Waals surface area contributed by atoms with E-state index in [4.69, 9.17) is 0 Å². The minimum Gasteiger partial charge on any atom is -0.289 e. The van der Waals surface area contributed by atoms with Gasteiger partial charge < -0.3 is 0 Å². The molecule has 0 radical (unpaired) electrons. The largest absolute Gasteiger partial charge is 0.289 e. The Balaban J connectivity index is 3.00. The average molecular weight is 196 g/mol. The van der Waals surface area contributed by atoms with Crippen molar-refractivity contribution < 1.29 is 0 Å². The van der Waals surface area contributed by atoms with Gasteiger partial charge in [-0.15, -0.1) is 0 Å². The highest BCUT2D eigenvalue weighted by Gasteiger charge is 1.99. The van der Waals surface area contributed by atoms with Crippen LogP contribution in [0, 0.1) is 32.9 Å². The second-order valence-electron chi connectivity index (χ2n) is 3.92. The first-order chi connectivity index (χ1) is 7.08. The molecular formula is C14H12O. The summed E-state index contributed by atoms with van der Waals surface area (Å²) in [6, 6.07) is 11.5. The molecule has 1 heteroatoms. The standard InChI is InChI=1S/C14H12O/c1-9-4-5-12-7-10(2)11(3)8-13(12)14(15)6-9/h6-8H,1-3H3. The minimum atomic E-state index is 0.0445. The molecule has 0 amide bonds. The quantitative estimate of drug-likeness (QED) is 0.633. The first-order valence-electron chi connectivity index (χ1n) is 4.94. The maximum Gasteiger partial charge on any atom is 0.188 e. The summed E-state index contributed by atoms with van der Waals surface area (Å²) in [6.07, 6.45) is 0. The molecule has 74 valence electrons. The average Bonchev–Trinajstić information content (AvgIpc) is 2.30. The maximum atomic E-state index is 11.8.